The zero-order valence-corrected chi connectivity index (χ0v) is 9.29. The minimum Gasteiger partial charge on any atom is -0.379 e. The number of hydrogen-bond donors (Lipinski definition) is 2. The van der Waals surface area contributed by atoms with Gasteiger partial charge in [0.05, 0.1) is 24.1 Å². The molecule has 4 nitrogen and oxygen atoms in total. The standard InChI is InChI=1S/C12H11FN4/c1-8-12(17-7-16-8)6-15-10-2-3-11(13)9(4-10)5-14/h2-4,7,15H,6H2,1H3,(H,16,17). The van der Waals surface area contributed by atoms with Crippen LogP contribution in [-0.2, 0) is 6.54 Å². The van der Waals surface area contributed by atoms with Crippen molar-refractivity contribution in [3.63, 3.8) is 0 Å². The number of rotatable bonds is 3. The molecular weight excluding hydrogens is 219 g/mol. The van der Waals surface area contributed by atoms with E-state index in [1.165, 1.54) is 12.1 Å². The summed E-state index contributed by atoms with van der Waals surface area (Å²) in [5.74, 6) is -0.506. The van der Waals surface area contributed by atoms with E-state index in [9.17, 15) is 4.39 Å². The molecule has 0 aliphatic carbocycles. The minimum absolute atomic E-state index is 0.0359. The van der Waals surface area contributed by atoms with Gasteiger partial charge in [-0.1, -0.05) is 0 Å². The molecule has 2 rings (SSSR count). The Kier molecular flexibility index (Phi) is 3.06. The van der Waals surface area contributed by atoms with E-state index in [1.807, 2.05) is 6.92 Å². The lowest BCUT2D eigenvalue weighted by atomic mass is 10.2. The molecule has 0 aliphatic heterocycles. The van der Waals surface area contributed by atoms with Crippen molar-refractivity contribution >= 4 is 5.69 Å². The van der Waals surface area contributed by atoms with Gasteiger partial charge in [0.15, 0.2) is 0 Å². The first-order chi connectivity index (χ1) is 8.20. The average molecular weight is 230 g/mol. The fourth-order valence-electron chi connectivity index (χ4n) is 1.47. The predicted octanol–water partition coefficient (Wildman–Crippen LogP) is 2.34. The molecule has 0 aliphatic rings. The monoisotopic (exact) mass is 230 g/mol. The van der Waals surface area contributed by atoms with Crippen LogP contribution in [0.15, 0.2) is 24.5 Å². The summed E-state index contributed by atoms with van der Waals surface area (Å²) in [6.07, 6.45) is 1.62. The quantitative estimate of drug-likeness (QED) is 0.850. The smallest absolute Gasteiger partial charge is 0.141 e. The molecule has 2 N–H and O–H groups in total. The number of halogens is 1. The van der Waals surface area contributed by atoms with Crippen LogP contribution in [0.3, 0.4) is 0 Å². The van der Waals surface area contributed by atoms with Gasteiger partial charge in [0.25, 0.3) is 0 Å². The first-order valence-corrected chi connectivity index (χ1v) is 5.13. The van der Waals surface area contributed by atoms with Gasteiger partial charge in [-0.2, -0.15) is 5.26 Å². The summed E-state index contributed by atoms with van der Waals surface area (Å²) in [6, 6.07) is 6.16. The maximum Gasteiger partial charge on any atom is 0.141 e. The van der Waals surface area contributed by atoms with E-state index in [0.29, 0.717) is 12.2 Å². The zero-order valence-electron chi connectivity index (χ0n) is 9.29. The molecule has 0 saturated carbocycles. The molecule has 0 atom stereocenters. The van der Waals surface area contributed by atoms with Crippen molar-refractivity contribution in [1.82, 2.24) is 9.97 Å². The predicted molar refractivity (Wildman–Crippen MR) is 61.8 cm³/mol. The third kappa shape index (κ3) is 2.42. The number of hydrogen-bond acceptors (Lipinski definition) is 3. The highest BCUT2D eigenvalue weighted by atomic mass is 19.1. The number of aromatic amines is 1. The van der Waals surface area contributed by atoms with Crippen LogP contribution in [0.25, 0.3) is 0 Å². The second-order valence-electron chi connectivity index (χ2n) is 3.63. The molecule has 0 unspecified atom stereocenters. The van der Waals surface area contributed by atoms with Crippen molar-refractivity contribution in [2.24, 2.45) is 0 Å². The highest BCUT2D eigenvalue weighted by Gasteiger charge is 2.04. The highest BCUT2D eigenvalue weighted by Crippen LogP contribution is 2.15. The summed E-state index contributed by atoms with van der Waals surface area (Å²) in [4.78, 5) is 7.11. The number of nitriles is 1. The normalized spacial score (nSPS) is 9.94. The lowest BCUT2D eigenvalue weighted by Gasteiger charge is -2.05. The summed E-state index contributed by atoms with van der Waals surface area (Å²) < 4.78 is 13.1. The fourth-order valence-corrected chi connectivity index (χ4v) is 1.47. The molecule has 0 amide bonds. The van der Waals surface area contributed by atoms with Crippen molar-refractivity contribution < 1.29 is 4.39 Å². The third-order valence-corrected chi connectivity index (χ3v) is 2.48. The van der Waals surface area contributed by atoms with E-state index in [1.54, 1.807) is 18.5 Å². The lowest BCUT2D eigenvalue weighted by Crippen LogP contribution is -2.02. The SMILES string of the molecule is Cc1[nH]cnc1CNc1ccc(F)c(C#N)c1. The topological polar surface area (TPSA) is 64.5 Å². The molecular formula is C12H11FN4. The minimum atomic E-state index is -0.506. The van der Waals surface area contributed by atoms with E-state index in [0.717, 1.165) is 11.4 Å². The fraction of sp³-hybridized carbons (Fsp3) is 0.167. The average Bonchev–Trinajstić information content (AvgIpc) is 2.74. The van der Waals surface area contributed by atoms with Gasteiger partial charge in [-0.05, 0) is 25.1 Å². The van der Waals surface area contributed by atoms with Crippen LogP contribution in [0.5, 0.6) is 0 Å². The Hall–Kier alpha value is -2.35. The van der Waals surface area contributed by atoms with E-state index < -0.39 is 5.82 Å². The number of anilines is 1. The summed E-state index contributed by atoms with van der Waals surface area (Å²) in [6.45, 7) is 2.46. The first-order valence-electron chi connectivity index (χ1n) is 5.13. The second-order valence-corrected chi connectivity index (χ2v) is 3.63. The number of aryl methyl sites for hydroxylation is 1. The van der Waals surface area contributed by atoms with Gasteiger partial charge in [0, 0.05) is 11.4 Å². The van der Waals surface area contributed by atoms with Crippen LogP contribution >= 0.6 is 0 Å². The van der Waals surface area contributed by atoms with Crippen molar-refractivity contribution in [2.75, 3.05) is 5.32 Å². The molecule has 0 spiro atoms. The number of nitrogens with zero attached hydrogens (tertiary/aromatic N) is 2. The Morgan fingerprint density at radius 3 is 3.00 bits per heavy atom. The molecule has 2 aromatic rings. The van der Waals surface area contributed by atoms with E-state index >= 15 is 0 Å². The Labute approximate surface area is 98.1 Å². The summed E-state index contributed by atoms with van der Waals surface area (Å²) >= 11 is 0. The van der Waals surface area contributed by atoms with Crippen LogP contribution < -0.4 is 5.32 Å². The Balaban J connectivity index is 2.10. The van der Waals surface area contributed by atoms with E-state index in [4.69, 9.17) is 5.26 Å². The van der Waals surface area contributed by atoms with Gasteiger partial charge in [-0.15, -0.1) is 0 Å². The number of benzene rings is 1. The molecule has 1 aromatic carbocycles. The molecule has 5 heteroatoms. The van der Waals surface area contributed by atoms with Crippen LogP contribution in [0.2, 0.25) is 0 Å². The van der Waals surface area contributed by atoms with Crippen molar-refractivity contribution in [3.05, 3.63) is 47.3 Å². The van der Waals surface area contributed by atoms with Gasteiger partial charge in [0.1, 0.15) is 11.9 Å². The molecule has 0 bridgehead atoms. The van der Waals surface area contributed by atoms with Crippen LogP contribution in [0.1, 0.15) is 17.0 Å². The maximum atomic E-state index is 13.1. The number of nitrogens with one attached hydrogen (secondary N) is 2. The lowest BCUT2D eigenvalue weighted by molar-refractivity contribution is 0.624. The second kappa shape index (κ2) is 4.66. The maximum absolute atomic E-state index is 13.1. The summed E-state index contributed by atoms with van der Waals surface area (Å²) in [5.41, 5.74) is 2.62. The molecule has 1 heterocycles. The molecule has 0 radical (unpaired) electrons. The van der Waals surface area contributed by atoms with Gasteiger partial charge < -0.3 is 10.3 Å². The van der Waals surface area contributed by atoms with Gasteiger partial charge in [0.2, 0.25) is 0 Å². The Morgan fingerprint density at radius 1 is 1.53 bits per heavy atom. The first kappa shape index (κ1) is 11.1. The van der Waals surface area contributed by atoms with Crippen molar-refractivity contribution in [1.29, 1.82) is 5.26 Å². The van der Waals surface area contributed by atoms with Gasteiger partial charge in [-0.25, -0.2) is 9.37 Å². The largest absolute Gasteiger partial charge is 0.379 e. The third-order valence-electron chi connectivity index (χ3n) is 2.48. The molecule has 86 valence electrons. The van der Waals surface area contributed by atoms with Crippen molar-refractivity contribution in [3.8, 4) is 6.07 Å². The van der Waals surface area contributed by atoms with Crippen LogP contribution in [0.4, 0.5) is 10.1 Å². The van der Waals surface area contributed by atoms with Gasteiger partial charge >= 0.3 is 0 Å². The van der Waals surface area contributed by atoms with Crippen LogP contribution in [-0.4, -0.2) is 9.97 Å². The molecule has 1 aromatic heterocycles. The van der Waals surface area contributed by atoms with Crippen molar-refractivity contribution in [2.45, 2.75) is 13.5 Å². The number of aromatic nitrogens is 2. The van der Waals surface area contributed by atoms with Crippen LogP contribution in [0, 0.1) is 24.1 Å². The Bertz CT molecular complexity index is 568. The molecule has 0 saturated heterocycles. The van der Waals surface area contributed by atoms with E-state index in [-0.39, 0.29) is 5.56 Å². The molecule has 0 fully saturated rings. The Morgan fingerprint density at radius 2 is 2.35 bits per heavy atom. The highest BCUT2D eigenvalue weighted by molar-refractivity contribution is 5.50. The summed E-state index contributed by atoms with van der Waals surface area (Å²) in [7, 11) is 0. The number of imidazole rings is 1. The summed E-state index contributed by atoms with van der Waals surface area (Å²) in [5, 5.41) is 11.8. The van der Waals surface area contributed by atoms with Gasteiger partial charge in [-0.3, -0.25) is 0 Å². The zero-order chi connectivity index (χ0) is 12.3. The molecule has 17 heavy (non-hydrogen) atoms. The number of H-pyrrole nitrogens is 1. The van der Waals surface area contributed by atoms with E-state index in [2.05, 4.69) is 15.3 Å².